The molecule has 1 aliphatic heterocycles. The van der Waals surface area contributed by atoms with Crippen molar-refractivity contribution in [1.82, 2.24) is 19.9 Å². The van der Waals surface area contributed by atoms with Gasteiger partial charge in [0, 0.05) is 60.1 Å². The van der Waals surface area contributed by atoms with Crippen molar-refractivity contribution in [3.05, 3.63) is 72.2 Å². The third kappa shape index (κ3) is 5.15. The lowest BCUT2D eigenvalue weighted by molar-refractivity contribution is 0.122. The molecular formula is C25H27N7O2. The van der Waals surface area contributed by atoms with Crippen LogP contribution in [0.5, 0.6) is 6.01 Å². The third-order valence-corrected chi connectivity index (χ3v) is 5.66. The molecule has 1 aromatic carbocycles. The van der Waals surface area contributed by atoms with Gasteiger partial charge in [-0.15, -0.1) is 0 Å². The Morgan fingerprint density at radius 1 is 1.15 bits per heavy atom. The summed E-state index contributed by atoms with van der Waals surface area (Å²) in [6, 6.07) is 16.2. The summed E-state index contributed by atoms with van der Waals surface area (Å²) >= 11 is 0. The van der Waals surface area contributed by atoms with E-state index in [0.29, 0.717) is 38.1 Å². The van der Waals surface area contributed by atoms with Gasteiger partial charge in [0.15, 0.2) is 5.82 Å². The molecule has 0 saturated carbocycles. The summed E-state index contributed by atoms with van der Waals surface area (Å²) in [5.74, 6) is 1.36. The number of hydrogen-bond donors (Lipinski definition) is 2. The van der Waals surface area contributed by atoms with E-state index in [1.165, 1.54) is 0 Å². The van der Waals surface area contributed by atoms with Crippen LogP contribution in [0.4, 0.5) is 11.6 Å². The number of hydrazone groups is 1. The number of benzene rings is 1. The molecule has 0 spiro atoms. The van der Waals surface area contributed by atoms with Crippen molar-refractivity contribution in [3.8, 4) is 6.01 Å². The summed E-state index contributed by atoms with van der Waals surface area (Å²) < 4.78 is 11.4. The molecule has 1 saturated heterocycles. The van der Waals surface area contributed by atoms with E-state index < -0.39 is 0 Å². The van der Waals surface area contributed by atoms with Gasteiger partial charge >= 0.3 is 6.01 Å². The zero-order valence-electron chi connectivity index (χ0n) is 19.1. The number of rotatable bonds is 8. The summed E-state index contributed by atoms with van der Waals surface area (Å²) in [6.45, 7) is 5.27. The zero-order chi connectivity index (χ0) is 23.2. The van der Waals surface area contributed by atoms with Crippen molar-refractivity contribution in [3.63, 3.8) is 0 Å². The normalized spacial score (nSPS) is 14.4. The standard InChI is InChI=1S/C25H27N7O2/c1-18(21-17-27-22-8-3-2-7-20(21)22)30-31-23-16-24(32-11-14-33-15-12-32)29-25(28-23)34-13-9-19-6-4-5-10-26-19/h2-8,10,16-17,27H,9,11-15H2,1H3,(H,28,29,31)/b30-18+. The van der Waals surface area contributed by atoms with Crippen LogP contribution < -0.4 is 15.1 Å². The number of nitrogens with zero attached hydrogens (tertiary/aromatic N) is 5. The second-order valence-corrected chi connectivity index (χ2v) is 7.97. The maximum atomic E-state index is 5.91. The molecule has 0 atom stereocenters. The number of aromatic amines is 1. The van der Waals surface area contributed by atoms with Gasteiger partial charge in [-0.05, 0) is 25.1 Å². The number of morpholine rings is 1. The first kappa shape index (κ1) is 21.8. The van der Waals surface area contributed by atoms with Crippen LogP contribution in [0.1, 0.15) is 18.2 Å². The van der Waals surface area contributed by atoms with Crippen LogP contribution in [0.25, 0.3) is 10.9 Å². The minimum atomic E-state index is 0.308. The Bertz CT molecular complexity index is 1270. The molecule has 0 aliphatic carbocycles. The van der Waals surface area contributed by atoms with Crippen molar-refractivity contribution in [1.29, 1.82) is 0 Å². The highest BCUT2D eigenvalue weighted by Crippen LogP contribution is 2.22. The Kier molecular flexibility index (Phi) is 6.62. The van der Waals surface area contributed by atoms with Crippen molar-refractivity contribution in [2.45, 2.75) is 13.3 Å². The van der Waals surface area contributed by atoms with E-state index in [4.69, 9.17) is 9.47 Å². The zero-order valence-corrected chi connectivity index (χ0v) is 19.1. The molecular weight excluding hydrogens is 430 g/mol. The molecule has 9 heteroatoms. The van der Waals surface area contributed by atoms with Crippen LogP contribution in [0.15, 0.2) is 66.0 Å². The lowest BCUT2D eigenvalue weighted by atomic mass is 10.1. The minimum absolute atomic E-state index is 0.308. The lowest BCUT2D eigenvalue weighted by Crippen LogP contribution is -2.36. The van der Waals surface area contributed by atoms with Crippen LogP contribution in [0.2, 0.25) is 0 Å². The molecule has 0 radical (unpaired) electrons. The van der Waals surface area contributed by atoms with Crippen molar-refractivity contribution < 1.29 is 9.47 Å². The van der Waals surface area contributed by atoms with E-state index in [0.717, 1.165) is 46.8 Å². The second-order valence-electron chi connectivity index (χ2n) is 7.97. The number of nitrogens with one attached hydrogen (secondary N) is 2. The average molecular weight is 458 g/mol. The fourth-order valence-corrected chi connectivity index (χ4v) is 3.85. The molecule has 34 heavy (non-hydrogen) atoms. The number of pyridine rings is 1. The molecule has 4 heterocycles. The molecule has 0 amide bonds. The number of fused-ring (bicyclic) bond motifs is 1. The number of H-pyrrole nitrogens is 1. The molecule has 0 bridgehead atoms. The predicted molar refractivity (Wildman–Crippen MR) is 133 cm³/mol. The molecule has 4 aromatic rings. The molecule has 5 rings (SSSR count). The highest BCUT2D eigenvalue weighted by atomic mass is 16.5. The predicted octanol–water partition coefficient (Wildman–Crippen LogP) is 3.65. The van der Waals surface area contributed by atoms with Crippen molar-refractivity contribution in [2.75, 3.05) is 43.2 Å². The molecule has 3 aromatic heterocycles. The topological polar surface area (TPSA) is 101 Å². The van der Waals surface area contributed by atoms with Crippen LogP contribution in [0.3, 0.4) is 0 Å². The molecule has 174 valence electrons. The lowest BCUT2D eigenvalue weighted by Gasteiger charge is -2.28. The quantitative estimate of drug-likeness (QED) is 0.308. The van der Waals surface area contributed by atoms with Gasteiger partial charge in [-0.1, -0.05) is 24.3 Å². The average Bonchev–Trinajstić information content (AvgIpc) is 3.33. The van der Waals surface area contributed by atoms with Gasteiger partial charge in [0.1, 0.15) is 5.82 Å². The summed E-state index contributed by atoms with van der Waals surface area (Å²) in [6.07, 6.45) is 4.42. The second kappa shape index (κ2) is 10.3. The number of aromatic nitrogens is 4. The molecule has 1 aliphatic rings. The van der Waals surface area contributed by atoms with Crippen LogP contribution in [0, 0.1) is 0 Å². The number of ether oxygens (including phenoxy) is 2. The highest BCUT2D eigenvalue weighted by molar-refractivity contribution is 6.09. The van der Waals surface area contributed by atoms with Crippen molar-refractivity contribution >= 4 is 28.3 Å². The highest BCUT2D eigenvalue weighted by Gasteiger charge is 2.16. The van der Waals surface area contributed by atoms with Gasteiger partial charge in [0.25, 0.3) is 0 Å². The largest absolute Gasteiger partial charge is 0.463 e. The van der Waals surface area contributed by atoms with Crippen molar-refractivity contribution in [2.24, 2.45) is 5.10 Å². The minimum Gasteiger partial charge on any atom is -0.463 e. The maximum absolute atomic E-state index is 5.91. The smallest absolute Gasteiger partial charge is 0.320 e. The first-order valence-electron chi connectivity index (χ1n) is 11.4. The van der Waals surface area contributed by atoms with Crippen LogP contribution in [-0.2, 0) is 11.2 Å². The molecule has 1 fully saturated rings. The summed E-state index contributed by atoms with van der Waals surface area (Å²) in [5, 5.41) is 5.72. The first-order chi connectivity index (χ1) is 16.8. The number of para-hydroxylation sites is 1. The fraction of sp³-hybridized carbons (Fsp3) is 0.280. The third-order valence-electron chi connectivity index (χ3n) is 5.66. The summed E-state index contributed by atoms with van der Waals surface area (Å²) in [5.41, 5.74) is 7.02. The Labute approximate surface area is 197 Å². The summed E-state index contributed by atoms with van der Waals surface area (Å²) in [4.78, 5) is 19.0. The van der Waals surface area contributed by atoms with Gasteiger partial charge < -0.3 is 19.4 Å². The van der Waals surface area contributed by atoms with Crippen LogP contribution in [-0.4, -0.2) is 58.6 Å². The Morgan fingerprint density at radius 2 is 2.00 bits per heavy atom. The number of hydrogen-bond acceptors (Lipinski definition) is 8. The maximum Gasteiger partial charge on any atom is 0.320 e. The van der Waals surface area contributed by atoms with E-state index >= 15 is 0 Å². The Balaban J connectivity index is 1.35. The van der Waals surface area contributed by atoms with Crippen LogP contribution >= 0.6 is 0 Å². The van der Waals surface area contributed by atoms with Gasteiger partial charge in [0.05, 0.1) is 25.5 Å². The van der Waals surface area contributed by atoms with E-state index in [9.17, 15) is 0 Å². The van der Waals surface area contributed by atoms with E-state index in [-0.39, 0.29) is 0 Å². The SMILES string of the molecule is C/C(=N\Nc1cc(N2CCOCC2)nc(OCCc2ccccn2)n1)c1c[nH]c2ccccc12. The number of anilines is 2. The first-order valence-corrected chi connectivity index (χ1v) is 11.4. The van der Waals surface area contributed by atoms with Gasteiger partial charge in [-0.25, -0.2) is 0 Å². The van der Waals surface area contributed by atoms with E-state index in [1.54, 1.807) is 6.20 Å². The van der Waals surface area contributed by atoms with E-state index in [2.05, 4.69) is 41.4 Å². The monoisotopic (exact) mass is 457 g/mol. The van der Waals surface area contributed by atoms with Gasteiger partial charge in [-0.3, -0.25) is 10.4 Å². The van der Waals surface area contributed by atoms with Gasteiger partial charge in [-0.2, -0.15) is 15.1 Å². The molecule has 9 nitrogen and oxygen atoms in total. The van der Waals surface area contributed by atoms with E-state index in [1.807, 2.05) is 55.6 Å². The fourth-order valence-electron chi connectivity index (χ4n) is 3.85. The molecule has 2 N–H and O–H groups in total. The summed E-state index contributed by atoms with van der Waals surface area (Å²) in [7, 11) is 0. The van der Waals surface area contributed by atoms with Gasteiger partial charge in [0.2, 0.25) is 0 Å². The molecule has 0 unspecified atom stereocenters. The Hall–Kier alpha value is -3.98. The Morgan fingerprint density at radius 3 is 2.85 bits per heavy atom.